The molecule has 0 unspecified atom stereocenters. The van der Waals surface area contributed by atoms with E-state index >= 15 is 0 Å². The number of nitrogens with one attached hydrogen (secondary N) is 4. The van der Waals surface area contributed by atoms with Crippen LogP contribution in [0.1, 0.15) is 25.7 Å². The minimum Gasteiger partial charge on any atom is -0.338 e. The first-order valence-corrected chi connectivity index (χ1v) is 9.33. The lowest BCUT2D eigenvalue weighted by atomic mass is 9.81. The molecular weight excluding hydrogens is 360 g/mol. The standard InChI is InChI=1S/C18H24N8O2/c27-17(25-15-19-6-2-7-20-15)23-11-13-4-1-5-14(10-13)12-24-18(28)26-16-21-8-3-9-22-16/h2-3,6-9,13-14H,1,4-5,10-12H2,(H2,19,20,23,25,27)(H2,21,22,24,26,28)/t13-,14-/m1/s1. The van der Waals surface area contributed by atoms with Crippen LogP contribution in [0, 0.1) is 11.8 Å². The van der Waals surface area contributed by atoms with Gasteiger partial charge in [-0.3, -0.25) is 10.6 Å². The third-order valence-corrected chi connectivity index (χ3v) is 4.58. The summed E-state index contributed by atoms with van der Waals surface area (Å²) in [5.74, 6) is 1.31. The Balaban J connectivity index is 1.35. The molecule has 1 aliphatic carbocycles. The first-order chi connectivity index (χ1) is 13.7. The molecule has 0 aliphatic heterocycles. The van der Waals surface area contributed by atoms with Gasteiger partial charge in [0, 0.05) is 37.9 Å². The summed E-state index contributed by atoms with van der Waals surface area (Å²) in [5.41, 5.74) is 0. The number of carbonyl (C=O) groups excluding carboxylic acids is 2. The lowest BCUT2D eigenvalue weighted by Gasteiger charge is -2.29. The molecule has 1 saturated carbocycles. The van der Waals surface area contributed by atoms with Gasteiger partial charge in [0.05, 0.1) is 0 Å². The van der Waals surface area contributed by atoms with Gasteiger partial charge in [-0.05, 0) is 43.2 Å². The van der Waals surface area contributed by atoms with Crippen molar-refractivity contribution < 1.29 is 9.59 Å². The number of hydrogen-bond donors (Lipinski definition) is 4. The van der Waals surface area contributed by atoms with Crippen molar-refractivity contribution in [3.05, 3.63) is 36.9 Å². The third kappa shape index (κ3) is 6.45. The van der Waals surface area contributed by atoms with E-state index in [0.29, 0.717) is 24.9 Å². The molecule has 0 saturated heterocycles. The Morgan fingerprint density at radius 3 is 1.64 bits per heavy atom. The molecule has 28 heavy (non-hydrogen) atoms. The fourth-order valence-electron chi connectivity index (χ4n) is 3.27. The van der Waals surface area contributed by atoms with Gasteiger partial charge in [-0.2, -0.15) is 0 Å². The van der Waals surface area contributed by atoms with Crippen LogP contribution in [0.5, 0.6) is 0 Å². The fraction of sp³-hybridized carbons (Fsp3) is 0.444. The first kappa shape index (κ1) is 19.5. The van der Waals surface area contributed by atoms with Crippen LogP contribution in [-0.2, 0) is 0 Å². The van der Waals surface area contributed by atoms with E-state index in [9.17, 15) is 9.59 Å². The van der Waals surface area contributed by atoms with Crippen molar-refractivity contribution in [2.45, 2.75) is 25.7 Å². The van der Waals surface area contributed by atoms with Crippen LogP contribution in [0.15, 0.2) is 36.9 Å². The monoisotopic (exact) mass is 384 g/mol. The molecule has 2 atom stereocenters. The molecule has 2 aromatic heterocycles. The largest absolute Gasteiger partial charge is 0.338 e. The Morgan fingerprint density at radius 1 is 0.786 bits per heavy atom. The number of anilines is 2. The van der Waals surface area contributed by atoms with Crippen LogP contribution in [0.2, 0.25) is 0 Å². The summed E-state index contributed by atoms with van der Waals surface area (Å²) in [7, 11) is 0. The Labute approximate surface area is 163 Å². The van der Waals surface area contributed by atoms with Crippen LogP contribution in [-0.4, -0.2) is 45.1 Å². The van der Waals surface area contributed by atoms with Gasteiger partial charge < -0.3 is 10.6 Å². The van der Waals surface area contributed by atoms with Crippen LogP contribution >= 0.6 is 0 Å². The summed E-state index contributed by atoms with van der Waals surface area (Å²) in [6.45, 7) is 1.17. The number of nitrogens with zero attached hydrogens (tertiary/aromatic N) is 4. The van der Waals surface area contributed by atoms with Crippen molar-refractivity contribution in [3.63, 3.8) is 0 Å². The van der Waals surface area contributed by atoms with E-state index in [-0.39, 0.29) is 24.0 Å². The smallest absolute Gasteiger partial charge is 0.321 e. The normalized spacial score (nSPS) is 18.7. The maximum absolute atomic E-state index is 11.9. The Kier molecular flexibility index (Phi) is 7.05. The Hall–Kier alpha value is -3.30. The molecule has 2 heterocycles. The van der Waals surface area contributed by atoms with Crippen molar-refractivity contribution in [2.24, 2.45) is 11.8 Å². The van der Waals surface area contributed by atoms with Crippen LogP contribution in [0.3, 0.4) is 0 Å². The van der Waals surface area contributed by atoms with E-state index in [1.165, 1.54) is 0 Å². The van der Waals surface area contributed by atoms with E-state index in [4.69, 9.17) is 0 Å². The van der Waals surface area contributed by atoms with Gasteiger partial charge in [0.15, 0.2) is 0 Å². The molecule has 3 rings (SSSR count). The topological polar surface area (TPSA) is 134 Å². The van der Waals surface area contributed by atoms with E-state index in [0.717, 1.165) is 25.7 Å². The van der Waals surface area contributed by atoms with Crippen molar-refractivity contribution in [2.75, 3.05) is 23.7 Å². The SMILES string of the molecule is O=C(NC[C@@H]1CCC[C@@H](CNC(=O)Nc2ncccn2)C1)Nc1ncccn1. The van der Waals surface area contributed by atoms with Crippen LogP contribution < -0.4 is 21.3 Å². The zero-order valence-electron chi connectivity index (χ0n) is 15.5. The quantitative estimate of drug-likeness (QED) is 0.602. The number of hydrogen-bond acceptors (Lipinski definition) is 6. The van der Waals surface area contributed by atoms with Crippen molar-refractivity contribution in [3.8, 4) is 0 Å². The Morgan fingerprint density at radius 2 is 1.21 bits per heavy atom. The van der Waals surface area contributed by atoms with Gasteiger partial charge in [0.2, 0.25) is 11.9 Å². The highest BCUT2D eigenvalue weighted by Gasteiger charge is 2.23. The minimum absolute atomic E-state index is 0.277. The molecule has 10 nitrogen and oxygen atoms in total. The maximum atomic E-state index is 11.9. The highest BCUT2D eigenvalue weighted by molar-refractivity contribution is 5.87. The molecule has 1 aliphatic rings. The molecular formula is C18H24N8O2. The second-order valence-electron chi connectivity index (χ2n) is 6.71. The summed E-state index contributed by atoms with van der Waals surface area (Å²) in [5, 5.41) is 11.0. The predicted octanol–water partition coefficient (Wildman–Crippen LogP) is 2.02. The van der Waals surface area contributed by atoms with Crippen molar-refractivity contribution >= 4 is 24.0 Å². The van der Waals surface area contributed by atoms with E-state index in [1.54, 1.807) is 36.9 Å². The van der Waals surface area contributed by atoms with Gasteiger partial charge in [-0.1, -0.05) is 6.42 Å². The second-order valence-corrected chi connectivity index (χ2v) is 6.71. The lowest BCUT2D eigenvalue weighted by molar-refractivity contribution is 0.230. The maximum Gasteiger partial charge on any atom is 0.321 e. The molecule has 4 N–H and O–H groups in total. The molecule has 0 radical (unpaired) electrons. The highest BCUT2D eigenvalue weighted by Crippen LogP contribution is 2.28. The highest BCUT2D eigenvalue weighted by atomic mass is 16.2. The minimum atomic E-state index is -0.311. The van der Waals surface area contributed by atoms with E-state index in [1.807, 2.05) is 0 Å². The molecule has 0 bridgehead atoms. The number of urea groups is 2. The van der Waals surface area contributed by atoms with E-state index in [2.05, 4.69) is 41.2 Å². The van der Waals surface area contributed by atoms with Crippen LogP contribution in [0.25, 0.3) is 0 Å². The predicted molar refractivity (Wildman–Crippen MR) is 104 cm³/mol. The molecule has 2 aromatic rings. The second kappa shape index (κ2) is 10.1. The lowest BCUT2D eigenvalue weighted by Crippen LogP contribution is -2.38. The van der Waals surface area contributed by atoms with Crippen LogP contribution in [0.4, 0.5) is 21.5 Å². The number of rotatable bonds is 6. The van der Waals surface area contributed by atoms with Crippen molar-refractivity contribution in [1.82, 2.24) is 30.6 Å². The molecule has 10 heteroatoms. The summed E-state index contributed by atoms with van der Waals surface area (Å²) in [6.07, 6.45) is 10.4. The summed E-state index contributed by atoms with van der Waals surface area (Å²) < 4.78 is 0. The Bertz CT molecular complexity index is 695. The average molecular weight is 384 g/mol. The van der Waals surface area contributed by atoms with E-state index < -0.39 is 0 Å². The van der Waals surface area contributed by atoms with Gasteiger partial charge in [0.1, 0.15) is 0 Å². The molecule has 1 fully saturated rings. The molecule has 4 amide bonds. The summed E-state index contributed by atoms with van der Waals surface area (Å²) in [6, 6.07) is 2.75. The number of amides is 4. The van der Waals surface area contributed by atoms with Crippen molar-refractivity contribution in [1.29, 1.82) is 0 Å². The summed E-state index contributed by atoms with van der Waals surface area (Å²) >= 11 is 0. The van der Waals surface area contributed by atoms with Gasteiger partial charge >= 0.3 is 12.1 Å². The van der Waals surface area contributed by atoms with Gasteiger partial charge in [-0.25, -0.2) is 29.5 Å². The van der Waals surface area contributed by atoms with Gasteiger partial charge in [-0.15, -0.1) is 0 Å². The fourth-order valence-corrected chi connectivity index (χ4v) is 3.27. The average Bonchev–Trinajstić information content (AvgIpc) is 2.73. The molecule has 0 aromatic carbocycles. The number of carbonyl (C=O) groups is 2. The zero-order chi connectivity index (χ0) is 19.6. The number of aromatic nitrogens is 4. The first-order valence-electron chi connectivity index (χ1n) is 9.33. The molecule has 148 valence electrons. The third-order valence-electron chi connectivity index (χ3n) is 4.58. The summed E-state index contributed by atoms with van der Waals surface area (Å²) in [4.78, 5) is 39.7. The van der Waals surface area contributed by atoms with Gasteiger partial charge in [0.25, 0.3) is 0 Å². The molecule has 0 spiro atoms. The zero-order valence-corrected chi connectivity index (χ0v) is 15.5.